The molecule has 8 rings (SSSR count). The molecule has 0 radical (unpaired) electrons. The topological polar surface area (TPSA) is 112 Å². The van der Waals surface area contributed by atoms with Crippen LogP contribution in [0.5, 0.6) is 0 Å². The van der Waals surface area contributed by atoms with Crippen LogP contribution in [0.25, 0.3) is 67.0 Å². The smallest absolute Gasteiger partial charge is 0.248 e. The average Bonchev–Trinajstić information content (AvgIpc) is 3.83. The Morgan fingerprint density at radius 3 is 1.25 bits per heavy atom. The number of aromatic nitrogens is 3. The van der Waals surface area contributed by atoms with Crippen molar-refractivity contribution in [3.05, 3.63) is 156 Å². The molecule has 3 N–H and O–H groups in total. The summed E-state index contributed by atoms with van der Waals surface area (Å²) in [5.74, 6) is 0.879. The first-order chi connectivity index (χ1) is 26.3. The van der Waals surface area contributed by atoms with E-state index < -0.39 is 0 Å². The molecule has 0 fully saturated rings. The van der Waals surface area contributed by atoms with Crippen molar-refractivity contribution in [1.82, 2.24) is 15.2 Å². The van der Waals surface area contributed by atoms with Gasteiger partial charge in [-0.1, -0.05) is 102 Å². The van der Waals surface area contributed by atoms with E-state index in [1.165, 1.54) is 11.1 Å². The number of H-pyrrole nitrogens is 1. The second kappa shape index (κ2) is 13.7. The molecule has 55 heavy (non-hydrogen) atoms. The Hall–Kier alpha value is -6.60. The van der Waals surface area contributed by atoms with Crippen LogP contribution >= 0.6 is 0 Å². The van der Waals surface area contributed by atoms with Gasteiger partial charge in [0.1, 0.15) is 0 Å². The molecule has 0 unspecified atom stereocenters. The molecular formula is C48H43N5O2. The highest BCUT2D eigenvalue weighted by Crippen LogP contribution is 2.34. The number of hydrogen-bond donors (Lipinski definition) is 3. The molecule has 2 aromatic heterocycles. The van der Waals surface area contributed by atoms with Crippen LogP contribution in [0.4, 0.5) is 0 Å². The lowest BCUT2D eigenvalue weighted by molar-refractivity contribution is 0.538. The second-order valence-corrected chi connectivity index (χ2v) is 16.1. The Kier molecular flexibility index (Phi) is 8.81. The summed E-state index contributed by atoms with van der Waals surface area (Å²) in [6.07, 6.45) is 0. The molecule has 0 aliphatic carbocycles. The number of ether oxygens (including phenoxy) is 1. The molecule has 0 spiro atoms. The average molecular weight is 722 g/mol. The van der Waals surface area contributed by atoms with Crippen molar-refractivity contribution in [2.75, 3.05) is 0 Å². The second-order valence-electron chi connectivity index (χ2n) is 16.1. The zero-order valence-electron chi connectivity index (χ0n) is 31.9. The van der Waals surface area contributed by atoms with Gasteiger partial charge in [0.15, 0.2) is 0 Å². The van der Waals surface area contributed by atoms with Crippen molar-refractivity contribution in [2.24, 2.45) is 0 Å². The minimum Gasteiger partial charge on any atom is -0.421 e. The third-order valence-corrected chi connectivity index (χ3v) is 10.2. The van der Waals surface area contributed by atoms with Crippen molar-refractivity contribution in [3.8, 4) is 45.2 Å². The highest BCUT2D eigenvalue weighted by atomic mass is 16.5. The molecule has 0 aliphatic heterocycles. The Bertz CT molecular complexity index is 2690. The summed E-state index contributed by atoms with van der Waals surface area (Å²) >= 11 is 0. The molecule has 2 heterocycles. The molecule has 272 valence electrons. The molecule has 0 aliphatic rings. The van der Waals surface area contributed by atoms with E-state index in [0.717, 1.165) is 55.2 Å². The molecule has 7 nitrogen and oxygen atoms in total. The predicted molar refractivity (Wildman–Crippen MR) is 224 cm³/mol. The normalized spacial score (nSPS) is 12.0. The van der Waals surface area contributed by atoms with E-state index in [1.54, 1.807) is 0 Å². The van der Waals surface area contributed by atoms with E-state index >= 15 is 0 Å². The minimum atomic E-state index is -0.0622. The predicted octanol–water partition coefficient (Wildman–Crippen LogP) is 12.3. The fourth-order valence-corrected chi connectivity index (χ4v) is 6.79. The maximum absolute atomic E-state index is 8.53. The van der Waals surface area contributed by atoms with Gasteiger partial charge in [0.2, 0.25) is 23.6 Å². The lowest BCUT2D eigenvalue weighted by Gasteiger charge is -2.19. The van der Waals surface area contributed by atoms with Crippen LogP contribution in [0, 0.1) is 10.8 Å². The van der Waals surface area contributed by atoms with E-state index in [4.69, 9.17) is 20.0 Å². The molecule has 6 aromatic carbocycles. The fraction of sp³-hybridized carbons (Fsp3) is 0.167. The van der Waals surface area contributed by atoms with Crippen LogP contribution in [-0.4, -0.2) is 27.0 Å². The zero-order chi connectivity index (χ0) is 38.5. The van der Waals surface area contributed by atoms with Crippen molar-refractivity contribution >= 4 is 33.6 Å². The Balaban J connectivity index is 0.983. The number of rotatable bonds is 6. The van der Waals surface area contributed by atoms with E-state index in [1.807, 2.05) is 72.8 Å². The van der Waals surface area contributed by atoms with Crippen molar-refractivity contribution in [2.45, 2.75) is 52.4 Å². The summed E-state index contributed by atoms with van der Waals surface area (Å²) in [6, 6.07) is 44.9. The minimum absolute atomic E-state index is 0.0236. The highest BCUT2D eigenvalue weighted by molar-refractivity contribution is 6.10. The van der Waals surface area contributed by atoms with E-state index in [0.29, 0.717) is 22.9 Å². The summed E-state index contributed by atoms with van der Waals surface area (Å²) in [5, 5.41) is 27.9. The number of hydrogen-bond acceptors (Lipinski definition) is 6. The fourth-order valence-electron chi connectivity index (χ4n) is 6.79. The SMILES string of the molecule is CC(C)(C)c1ccc(C(=N)OC(=N)c2ccc(-c3ccc4[nH]c5ccc(-c6ccc(-c7nnc(-c8ccc(C(C)(C)C)cc8)o7)cc6)cc5c4c3)cc2)cc1. The third kappa shape index (κ3) is 7.21. The van der Waals surface area contributed by atoms with Gasteiger partial charge in [0, 0.05) is 44.1 Å². The lowest BCUT2D eigenvalue weighted by atomic mass is 9.87. The standard InChI is InChI=1S/C48H43N5O2/c1-47(2,3)37-21-15-32(16-22-37)44(50)54-43(49)31-11-7-29(8-12-31)35-19-25-41-39(27-35)40-28-36(20-26-42(40)51-41)30-9-13-33(14-10-30)45-52-53-46(55-45)34-17-23-38(24-18-34)48(4,5)6/h7-28,49-51H,1-6H3. The summed E-state index contributed by atoms with van der Waals surface area (Å²) in [4.78, 5) is 3.57. The van der Waals surface area contributed by atoms with Crippen LogP contribution < -0.4 is 0 Å². The molecule has 0 atom stereocenters. The van der Waals surface area contributed by atoms with Crippen LogP contribution in [0.2, 0.25) is 0 Å². The summed E-state index contributed by atoms with van der Waals surface area (Å²) in [6.45, 7) is 13.1. The summed E-state index contributed by atoms with van der Waals surface area (Å²) in [5.41, 5.74) is 12.0. The van der Waals surface area contributed by atoms with Gasteiger partial charge in [-0.3, -0.25) is 10.8 Å². The van der Waals surface area contributed by atoms with Crippen LogP contribution in [0.3, 0.4) is 0 Å². The molecule has 0 amide bonds. The van der Waals surface area contributed by atoms with Gasteiger partial charge in [-0.25, -0.2) is 0 Å². The molecular weight excluding hydrogens is 679 g/mol. The quantitative estimate of drug-likeness (QED) is 0.117. The van der Waals surface area contributed by atoms with Crippen molar-refractivity contribution in [3.63, 3.8) is 0 Å². The van der Waals surface area contributed by atoms with Crippen LogP contribution in [-0.2, 0) is 15.6 Å². The molecule has 0 saturated heterocycles. The molecule has 0 saturated carbocycles. The maximum atomic E-state index is 8.53. The van der Waals surface area contributed by atoms with Gasteiger partial charge in [0.05, 0.1) is 0 Å². The number of aromatic amines is 1. The molecule has 0 bridgehead atoms. The van der Waals surface area contributed by atoms with E-state index in [-0.39, 0.29) is 22.6 Å². The maximum Gasteiger partial charge on any atom is 0.248 e. The van der Waals surface area contributed by atoms with E-state index in [9.17, 15) is 0 Å². The van der Waals surface area contributed by atoms with E-state index in [2.05, 4.69) is 117 Å². The Labute approximate surface area is 321 Å². The first-order valence-corrected chi connectivity index (χ1v) is 18.5. The Morgan fingerprint density at radius 2 is 0.818 bits per heavy atom. The van der Waals surface area contributed by atoms with Gasteiger partial charge >= 0.3 is 0 Å². The van der Waals surface area contributed by atoms with Gasteiger partial charge in [-0.2, -0.15) is 0 Å². The number of fused-ring (bicyclic) bond motifs is 3. The molecule has 7 heteroatoms. The van der Waals surface area contributed by atoms with Crippen molar-refractivity contribution < 1.29 is 9.15 Å². The number of nitrogens with zero attached hydrogens (tertiary/aromatic N) is 2. The largest absolute Gasteiger partial charge is 0.421 e. The summed E-state index contributed by atoms with van der Waals surface area (Å²) < 4.78 is 11.7. The number of nitrogens with one attached hydrogen (secondary N) is 3. The highest BCUT2D eigenvalue weighted by Gasteiger charge is 2.17. The Morgan fingerprint density at radius 1 is 0.473 bits per heavy atom. The van der Waals surface area contributed by atoms with Gasteiger partial charge in [0.25, 0.3) is 0 Å². The molecule has 8 aromatic rings. The van der Waals surface area contributed by atoms with Crippen LogP contribution in [0.1, 0.15) is 63.8 Å². The van der Waals surface area contributed by atoms with Gasteiger partial charge < -0.3 is 14.1 Å². The number of benzene rings is 6. The van der Waals surface area contributed by atoms with Gasteiger partial charge in [-0.05, 0) is 117 Å². The van der Waals surface area contributed by atoms with Crippen molar-refractivity contribution in [1.29, 1.82) is 10.8 Å². The first kappa shape index (κ1) is 35.4. The first-order valence-electron chi connectivity index (χ1n) is 18.5. The summed E-state index contributed by atoms with van der Waals surface area (Å²) in [7, 11) is 0. The van der Waals surface area contributed by atoms with Crippen LogP contribution in [0.15, 0.2) is 138 Å². The monoisotopic (exact) mass is 721 g/mol. The lowest BCUT2D eigenvalue weighted by Crippen LogP contribution is -2.14. The zero-order valence-corrected chi connectivity index (χ0v) is 31.9. The van der Waals surface area contributed by atoms with Gasteiger partial charge in [-0.15, -0.1) is 10.2 Å². The third-order valence-electron chi connectivity index (χ3n) is 10.2.